The molecule has 1 aromatic heterocycles. The first-order chi connectivity index (χ1) is 19.2. The van der Waals surface area contributed by atoms with Crippen molar-refractivity contribution >= 4 is 11.9 Å². The van der Waals surface area contributed by atoms with E-state index < -0.39 is 29.0 Å². The summed E-state index contributed by atoms with van der Waals surface area (Å²) in [7, 11) is 4.43. The average Bonchev–Trinajstić information content (AvgIpc) is 2.95. The van der Waals surface area contributed by atoms with Crippen LogP contribution in [0.25, 0.3) is 0 Å². The molecule has 1 atom stereocenters. The van der Waals surface area contributed by atoms with Crippen molar-refractivity contribution in [3.8, 4) is 23.0 Å². The third-order valence-corrected chi connectivity index (χ3v) is 6.73. The Kier molecular flexibility index (Phi) is 8.95. The van der Waals surface area contributed by atoms with Gasteiger partial charge in [-0.3, -0.25) is 19.3 Å². The lowest BCUT2D eigenvalue weighted by atomic mass is 9.92. The first-order valence-corrected chi connectivity index (χ1v) is 12.6. The molecule has 40 heavy (non-hydrogen) atoms. The molecule has 0 spiro atoms. The normalized spacial score (nSPS) is 13.7. The van der Waals surface area contributed by atoms with Gasteiger partial charge in [0, 0.05) is 19.2 Å². The molecule has 3 N–H and O–H groups in total. The van der Waals surface area contributed by atoms with E-state index in [2.05, 4.69) is 4.90 Å². The molecule has 2 heterocycles. The minimum absolute atomic E-state index is 0.0660. The molecular formula is C29H32N2O9. The standard InChI is InChI=1S/C29H32N2O9/c1-36-24-10-17-7-8-31(14-19(17)11-25(24)37-2)15-21-12-23(32)28(35)29(40-21)22(13-27(34)38-3)18-5-4-6-20(9-18)39-16-26(30)33/h4-6,9-12,22,35H,7-8,13-16H2,1-3H3,(H2,30,33). The minimum atomic E-state index is -0.865. The topological polar surface area (TPSA) is 151 Å². The number of amides is 1. The van der Waals surface area contributed by atoms with Crippen LogP contribution >= 0.6 is 0 Å². The van der Waals surface area contributed by atoms with Gasteiger partial charge in [-0.05, 0) is 47.4 Å². The van der Waals surface area contributed by atoms with Gasteiger partial charge in [-0.1, -0.05) is 12.1 Å². The first-order valence-electron chi connectivity index (χ1n) is 12.6. The molecule has 1 aliphatic heterocycles. The molecule has 11 nitrogen and oxygen atoms in total. The minimum Gasteiger partial charge on any atom is -0.502 e. The summed E-state index contributed by atoms with van der Waals surface area (Å²) >= 11 is 0. The fourth-order valence-corrected chi connectivity index (χ4v) is 4.75. The molecule has 2 aromatic carbocycles. The number of ether oxygens (including phenoxy) is 4. The van der Waals surface area contributed by atoms with E-state index in [-0.39, 0.29) is 18.8 Å². The van der Waals surface area contributed by atoms with E-state index in [1.165, 1.54) is 13.2 Å². The van der Waals surface area contributed by atoms with Gasteiger partial charge in [-0.2, -0.15) is 0 Å². The van der Waals surface area contributed by atoms with Crippen LogP contribution in [0, 0.1) is 0 Å². The van der Waals surface area contributed by atoms with Crippen LogP contribution in [0.4, 0.5) is 0 Å². The predicted octanol–water partition coefficient (Wildman–Crippen LogP) is 2.48. The van der Waals surface area contributed by atoms with E-state index in [4.69, 9.17) is 29.1 Å². The van der Waals surface area contributed by atoms with Gasteiger partial charge < -0.3 is 34.2 Å². The van der Waals surface area contributed by atoms with Crippen molar-refractivity contribution in [3.63, 3.8) is 0 Å². The molecule has 11 heteroatoms. The van der Waals surface area contributed by atoms with Crippen molar-refractivity contribution in [2.75, 3.05) is 34.5 Å². The molecule has 0 bridgehead atoms. The highest BCUT2D eigenvalue weighted by atomic mass is 16.5. The van der Waals surface area contributed by atoms with Crippen molar-refractivity contribution < 1.29 is 38.1 Å². The smallest absolute Gasteiger partial charge is 0.306 e. The summed E-state index contributed by atoms with van der Waals surface area (Å²) in [5.74, 6) is -0.787. The van der Waals surface area contributed by atoms with Gasteiger partial charge in [0.05, 0.1) is 40.2 Å². The Morgan fingerprint density at radius 3 is 2.48 bits per heavy atom. The number of hydrogen-bond donors (Lipinski definition) is 2. The third-order valence-electron chi connectivity index (χ3n) is 6.73. The molecule has 4 rings (SSSR count). The predicted molar refractivity (Wildman–Crippen MR) is 144 cm³/mol. The summed E-state index contributed by atoms with van der Waals surface area (Å²) < 4.78 is 27.2. The molecule has 0 fully saturated rings. The molecule has 0 saturated carbocycles. The van der Waals surface area contributed by atoms with Gasteiger partial charge in [0.15, 0.2) is 23.9 Å². The van der Waals surface area contributed by atoms with Gasteiger partial charge in [-0.15, -0.1) is 0 Å². The molecule has 212 valence electrons. The van der Waals surface area contributed by atoms with Gasteiger partial charge in [0.1, 0.15) is 11.5 Å². The number of carbonyl (C=O) groups is 2. The van der Waals surface area contributed by atoms with Crippen LogP contribution < -0.4 is 25.4 Å². The van der Waals surface area contributed by atoms with Crippen LogP contribution in [-0.2, 0) is 33.8 Å². The summed E-state index contributed by atoms with van der Waals surface area (Å²) in [4.78, 5) is 38.4. The van der Waals surface area contributed by atoms with E-state index in [0.717, 1.165) is 17.5 Å². The molecule has 0 saturated heterocycles. The number of rotatable bonds is 11. The maximum atomic E-state index is 12.8. The molecule has 0 aliphatic carbocycles. The highest BCUT2D eigenvalue weighted by molar-refractivity contribution is 5.75. The number of carbonyl (C=O) groups excluding carboxylic acids is 2. The average molecular weight is 553 g/mol. The highest BCUT2D eigenvalue weighted by Gasteiger charge is 2.28. The van der Waals surface area contributed by atoms with Crippen molar-refractivity contribution in [2.24, 2.45) is 5.73 Å². The van der Waals surface area contributed by atoms with Crippen LogP contribution in [0.2, 0.25) is 0 Å². The van der Waals surface area contributed by atoms with Crippen LogP contribution in [0.3, 0.4) is 0 Å². The van der Waals surface area contributed by atoms with Crippen LogP contribution in [-0.4, -0.2) is 56.4 Å². The number of hydrogen-bond acceptors (Lipinski definition) is 10. The Balaban J connectivity index is 1.64. The summed E-state index contributed by atoms with van der Waals surface area (Å²) in [6, 6.07) is 11.7. The van der Waals surface area contributed by atoms with Crippen LogP contribution in [0.1, 0.15) is 40.5 Å². The lowest BCUT2D eigenvalue weighted by Gasteiger charge is -2.29. The van der Waals surface area contributed by atoms with Gasteiger partial charge in [-0.25, -0.2) is 0 Å². The Morgan fingerprint density at radius 1 is 1.07 bits per heavy atom. The molecular weight excluding hydrogens is 520 g/mol. The number of benzene rings is 2. The van der Waals surface area contributed by atoms with E-state index >= 15 is 0 Å². The highest BCUT2D eigenvalue weighted by Crippen LogP contribution is 2.36. The van der Waals surface area contributed by atoms with Crippen molar-refractivity contribution in [1.82, 2.24) is 4.90 Å². The molecule has 0 radical (unpaired) electrons. The number of methoxy groups -OCH3 is 3. The number of nitrogens with two attached hydrogens (primary N) is 1. The van der Waals surface area contributed by atoms with Gasteiger partial charge >= 0.3 is 5.97 Å². The third kappa shape index (κ3) is 6.55. The Hall–Kier alpha value is -4.51. The quantitative estimate of drug-likeness (QED) is 0.340. The van der Waals surface area contributed by atoms with E-state index in [1.54, 1.807) is 38.5 Å². The number of nitrogens with zero attached hydrogens (tertiary/aromatic N) is 1. The number of esters is 1. The molecule has 1 unspecified atom stereocenters. The summed E-state index contributed by atoms with van der Waals surface area (Å²) in [6.07, 6.45) is 0.544. The Bertz CT molecular complexity index is 1450. The van der Waals surface area contributed by atoms with Gasteiger partial charge in [0.25, 0.3) is 5.91 Å². The molecule has 3 aromatic rings. The van der Waals surface area contributed by atoms with E-state index in [9.17, 15) is 19.5 Å². The number of aromatic hydroxyl groups is 1. The zero-order valence-electron chi connectivity index (χ0n) is 22.6. The number of primary amides is 1. The lowest BCUT2D eigenvalue weighted by Crippen LogP contribution is -2.30. The molecule has 1 amide bonds. The maximum absolute atomic E-state index is 12.8. The maximum Gasteiger partial charge on any atom is 0.306 e. The zero-order valence-corrected chi connectivity index (χ0v) is 22.6. The van der Waals surface area contributed by atoms with Crippen molar-refractivity contribution in [2.45, 2.75) is 31.8 Å². The SMILES string of the molecule is COC(=O)CC(c1cccc(OCC(N)=O)c1)c1oc(CN2CCc3cc(OC)c(OC)cc3C2)cc(=O)c1O. The second-order valence-electron chi connectivity index (χ2n) is 9.39. The largest absolute Gasteiger partial charge is 0.502 e. The van der Waals surface area contributed by atoms with Crippen molar-refractivity contribution in [3.05, 3.63) is 80.9 Å². The molecule has 1 aliphatic rings. The monoisotopic (exact) mass is 552 g/mol. The van der Waals surface area contributed by atoms with E-state index in [0.29, 0.717) is 48.2 Å². The van der Waals surface area contributed by atoms with Crippen LogP contribution in [0.15, 0.2) is 51.7 Å². The Morgan fingerprint density at radius 2 is 1.80 bits per heavy atom. The first kappa shape index (κ1) is 28.5. The fourth-order valence-electron chi connectivity index (χ4n) is 4.75. The van der Waals surface area contributed by atoms with Crippen molar-refractivity contribution in [1.29, 1.82) is 0 Å². The second kappa shape index (κ2) is 12.6. The Labute approximate surface area is 231 Å². The fraction of sp³-hybridized carbons (Fsp3) is 0.345. The lowest BCUT2D eigenvalue weighted by molar-refractivity contribution is -0.141. The van der Waals surface area contributed by atoms with E-state index in [1.807, 2.05) is 12.1 Å². The van der Waals surface area contributed by atoms with Crippen LogP contribution in [0.5, 0.6) is 23.0 Å². The summed E-state index contributed by atoms with van der Waals surface area (Å²) in [5, 5.41) is 10.7. The number of fused-ring (bicyclic) bond motifs is 1. The second-order valence-corrected chi connectivity index (χ2v) is 9.39. The zero-order chi connectivity index (χ0) is 28.8. The summed E-state index contributed by atoms with van der Waals surface area (Å²) in [6.45, 7) is 1.25. The summed E-state index contributed by atoms with van der Waals surface area (Å²) in [5.41, 5.74) is 7.28. The van der Waals surface area contributed by atoms with Gasteiger partial charge in [0.2, 0.25) is 11.2 Å².